The van der Waals surface area contributed by atoms with Crippen LogP contribution in [-0.2, 0) is 9.53 Å². The second-order valence-electron chi connectivity index (χ2n) is 4.71. The minimum atomic E-state index is -1.15. The van der Waals surface area contributed by atoms with Crippen molar-refractivity contribution >= 4 is 12.0 Å². The van der Waals surface area contributed by atoms with Crippen LogP contribution < -0.4 is 10.6 Å². The van der Waals surface area contributed by atoms with Crippen LogP contribution in [0.15, 0.2) is 0 Å². The van der Waals surface area contributed by atoms with Gasteiger partial charge in [-0.25, -0.2) is 9.59 Å². The lowest BCUT2D eigenvalue weighted by Gasteiger charge is -2.26. The normalized spacial score (nSPS) is 17.9. The summed E-state index contributed by atoms with van der Waals surface area (Å²) in [7, 11) is 0. The van der Waals surface area contributed by atoms with E-state index in [9.17, 15) is 14.7 Å². The van der Waals surface area contributed by atoms with Gasteiger partial charge in [0.05, 0.1) is 0 Å². The Balaban J connectivity index is 2.27. The summed E-state index contributed by atoms with van der Waals surface area (Å²) in [4.78, 5) is 22.8. The van der Waals surface area contributed by atoms with Crippen LogP contribution in [0.1, 0.15) is 33.1 Å². The van der Waals surface area contributed by atoms with Gasteiger partial charge in [-0.05, 0) is 39.0 Å². The Labute approximate surface area is 107 Å². The average molecular weight is 258 g/mol. The highest BCUT2D eigenvalue weighted by Crippen LogP contribution is 2.39. The molecule has 0 spiro atoms. The lowest BCUT2D eigenvalue weighted by molar-refractivity contribution is -0.144. The topological polar surface area (TPSA) is 87.7 Å². The van der Waals surface area contributed by atoms with Crippen molar-refractivity contribution in [2.45, 2.75) is 38.6 Å². The lowest BCUT2D eigenvalue weighted by Crippen LogP contribution is -2.56. The van der Waals surface area contributed by atoms with Crippen LogP contribution in [0.3, 0.4) is 0 Å². The van der Waals surface area contributed by atoms with Gasteiger partial charge in [0.25, 0.3) is 0 Å². The molecular formula is C12H22N2O4. The van der Waals surface area contributed by atoms with Crippen molar-refractivity contribution in [1.29, 1.82) is 0 Å². The Bertz CT molecular complexity index is 304. The maximum absolute atomic E-state index is 11.6. The predicted octanol–water partition coefficient (Wildman–Crippen LogP) is 0.966. The molecule has 0 aliphatic heterocycles. The molecule has 104 valence electrons. The highest BCUT2D eigenvalue weighted by atomic mass is 16.5. The SMILES string of the molecule is CCOCCCNC(=O)NC(C)(C(=O)O)C1CC1. The first kappa shape index (κ1) is 14.8. The number of rotatable bonds is 8. The second-order valence-corrected chi connectivity index (χ2v) is 4.71. The van der Waals surface area contributed by atoms with Gasteiger partial charge in [0, 0.05) is 19.8 Å². The summed E-state index contributed by atoms with van der Waals surface area (Å²) in [5.74, 6) is -0.932. The Hall–Kier alpha value is -1.30. The number of hydrogen-bond acceptors (Lipinski definition) is 3. The highest BCUT2D eigenvalue weighted by molar-refractivity contribution is 5.86. The number of carboxylic acid groups (broad SMARTS) is 1. The second kappa shape index (κ2) is 6.58. The van der Waals surface area contributed by atoms with E-state index in [1.54, 1.807) is 6.92 Å². The molecule has 3 N–H and O–H groups in total. The van der Waals surface area contributed by atoms with Crippen LogP contribution in [0.5, 0.6) is 0 Å². The van der Waals surface area contributed by atoms with E-state index in [0.717, 1.165) is 12.8 Å². The number of hydrogen-bond donors (Lipinski definition) is 3. The average Bonchev–Trinajstić information content (AvgIpc) is 3.12. The minimum absolute atomic E-state index is 0.0455. The molecule has 2 amide bonds. The van der Waals surface area contributed by atoms with E-state index in [4.69, 9.17) is 4.74 Å². The molecule has 0 saturated heterocycles. The Morgan fingerprint density at radius 2 is 2.11 bits per heavy atom. The number of aliphatic carboxylic acids is 1. The first-order valence-corrected chi connectivity index (χ1v) is 6.38. The molecule has 0 aromatic heterocycles. The molecule has 1 unspecified atom stereocenters. The lowest BCUT2D eigenvalue weighted by atomic mass is 9.96. The molecule has 0 radical (unpaired) electrons. The Morgan fingerprint density at radius 3 is 2.61 bits per heavy atom. The number of carbonyl (C=O) groups is 2. The van der Waals surface area contributed by atoms with E-state index in [1.807, 2.05) is 6.92 Å². The van der Waals surface area contributed by atoms with Gasteiger partial charge in [0.15, 0.2) is 0 Å². The smallest absolute Gasteiger partial charge is 0.329 e. The van der Waals surface area contributed by atoms with Crippen molar-refractivity contribution in [3.8, 4) is 0 Å². The molecule has 6 heteroatoms. The van der Waals surface area contributed by atoms with Gasteiger partial charge in [-0.1, -0.05) is 0 Å². The summed E-state index contributed by atoms with van der Waals surface area (Å²) >= 11 is 0. The van der Waals surface area contributed by atoms with Gasteiger partial charge in [0.2, 0.25) is 0 Å². The maximum Gasteiger partial charge on any atom is 0.329 e. The van der Waals surface area contributed by atoms with Gasteiger partial charge in [0.1, 0.15) is 5.54 Å². The molecule has 1 saturated carbocycles. The van der Waals surface area contributed by atoms with Crippen molar-refractivity contribution < 1.29 is 19.4 Å². The summed E-state index contributed by atoms with van der Waals surface area (Å²) in [6, 6.07) is -0.428. The third-order valence-corrected chi connectivity index (χ3v) is 3.17. The molecule has 0 bridgehead atoms. The zero-order valence-electron chi connectivity index (χ0n) is 11.0. The van der Waals surface area contributed by atoms with Crippen molar-refractivity contribution in [3.63, 3.8) is 0 Å². The van der Waals surface area contributed by atoms with E-state index in [-0.39, 0.29) is 5.92 Å². The Morgan fingerprint density at radius 1 is 1.44 bits per heavy atom. The molecule has 1 rings (SSSR count). The van der Waals surface area contributed by atoms with Gasteiger partial charge in [-0.2, -0.15) is 0 Å². The van der Waals surface area contributed by atoms with Crippen LogP contribution in [0.25, 0.3) is 0 Å². The number of ether oxygens (including phenoxy) is 1. The first-order valence-electron chi connectivity index (χ1n) is 6.38. The van der Waals surface area contributed by atoms with Gasteiger partial charge >= 0.3 is 12.0 Å². The number of carbonyl (C=O) groups excluding carboxylic acids is 1. The molecule has 1 fully saturated rings. The molecule has 1 aliphatic rings. The molecule has 18 heavy (non-hydrogen) atoms. The van der Waals surface area contributed by atoms with Crippen LogP contribution in [0, 0.1) is 5.92 Å². The van der Waals surface area contributed by atoms with Gasteiger partial charge < -0.3 is 20.5 Å². The molecule has 0 aromatic carbocycles. The number of carboxylic acids is 1. The third kappa shape index (κ3) is 4.18. The molecule has 1 atom stereocenters. The molecule has 0 aromatic rings. The van der Waals surface area contributed by atoms with Crippen molar-refractivity contribution in [2.75, 3.05) is 19.8 Å². The summed E-state index contributed by atoms with van der Waals surface area (Å²) in [5.41, 5.74) is -1.15. The zero-order valence-corrected chi connectivity index (χ0v) is 11.0. The van der Waals surface area contributed by atoms with E-state index >= 15 is 0 Å². The standard InChI is InChI=1S/C12H22N2O4/c1-3-18-8-4-7-13-11(17)14-12(2,10(15)16)9-5-6-9/h9H,3-8H2,1-2H3,(H,15,16)(H2,13,14,17). The highest BCUT2D eigenvalue weighted by Gasteiger charge is 2.48. The predicted molar refractivity (Wildman–Crippen MR) is 66.4 cm³/mol. The number of amides is 2. The molecular weight excluding hydrogens is 236 g/mol. The summed E-state index contributed by atoms with van der Waals surface area (Å²) in [6.45, 7) is 5.20. The van der Waals surface area contributed by atoms with Crippen LogP contribution in [-0.4, -0.2) is 42.4 Å². The van der Waals surface area contributed by atoms with E-state index in [0.29, 0.717) is 26.2 Å². The van der Waals surface area contributed by atoms with E-state index < -0.39 is 17.5 Å². The van der Waals surface area contributed by atoms with Gasteiger partial charge in [-0.15, -0.1) is 0 Å². The zero-order chi connectivity index (χ0) is 13.6. The fourth-order valence-electron chi connectivity index (χ4n) is 1.79. The first-order chi connectivity index (χ1) is 8.50. The van der Waals surface area contributed by atoms with Crippen LogP contribution in [0.2, 0.25) is 0 Å². The number of nitrogens with one attached hydrogen (secondary N) is 2. The van der Waals surface area contributed by atoms with E-state index in [1.165, 1.54) is 0 Å². The minimum Gasteiger partial charge on any atom is -0.480 e. The summed E-state index contributed by atoms with van der Waals surface area (Å²) < 4.78 is 5.14. The number of urea groups is 1. The fraction of sp³-hybridized carbons (Fsp3) is 0.833. The third-order valence-electron chi connectivity index (χ3n) is 3.17. The van der Waals surface area contributed by atoms with Gasteiger partial charge in [-0.3, -0.25) is 0 Å². The fourth-order valence-corrected chi connectivity index (χ4v) is 1.79. The van der Waals surface area contributed by atoms with Crippen LogP contribution >= 0.6 is 0 Å². The monoisotopic (exact) mass is 258 g/mol. The maximum atomic E-state index is 11.6. The quantitative estimate of drug-likeness (QED) is 0.566. The largest absolute Gasteiger partial charge is 0.480 e. The summed E-state index contributed by atoms with van der Waals surface area (Å²) in [6.07, 6.45) is 2.43. The molecule has 0 heterocycles. The molecule has 6 nitrogen and oxygen atoms in total. The van der Waals surface area contributed by atoms with Crippen LogP contribution in [0.4, 0.5) is 4.79 Å². The van der Waals surface area contributed by atoms with Crippen molar-refractivity contribution in [2.24, 2.45) is 5.92 Å². The van der Waals surface area contributed by atoms with Crippen molar-refractivity contribution in [1.82, 2.24) is 10.6 Å². The molecule has 1 aliphatic carbocycles. The Kier molecular flexibility index (Phi) is 5.40. The van der Waals surface area contributed by atoms with E-state index in [2.05, 4.69) is 10.6 Å². The van der Waals surface area contributed by atoms with Crippen molar-refractivity contribution in [3.05, 3.63) is 0 Å². The summed E-state index contributed by atoms with van der Waals surface area (Å²) in [5, 5.41) is 14.4.